The van der Waals surface area contributed by atoms with Crippen LogP contribution >= 0.6 is 0 Å². The largest absolute Gasteiger partial charge is 0.462 e. The van der Waals surface area contributed by atoms with Gasteiger partial charge in [-0.2, -0.15) is 0 Å². The maximum absolute atomic E-state index is 12.8. The van der Waals surface area contributed by atoms with Crippen molar-refractivity contribution < 1.29 is 28.6 Å². The number of hydrogen-bond acceptors (Lipinski definition) is 6. The van der Waals surface area contributed by atoms with Crippen molar-refractivity contribution >= 4 is 17.9 Å². The predicted octanol–water partition coefficient (Wildman–Crippen LogP) is 19.1. The van der Waals surface area contributed by atoms with E-state index in [-0.39, 0.29) is 31.1 Å². The normalized spacial score (nSPS) is 12.9. The molecule has 0 aromatic carbocycles. The fraction of sp³-hybridized carbons (Fsp3) is 0.667. The topological polar surface area (TPSA) is 78.9 Å². The fourth-order valence-corrected chi connectivity index (χ4v) is 7.47. The molecule has 0 amide bonds. The van der Waals surface area contributed by atoms with Gasteiger partial charge in [-0.1, -0.05) is 214 Å². The van der Waals surface area contributed by atoms with Gasteiger partial charge in [0.15, 0.2) is 6.10 Å². The maximum atomic E-state index is 12.8. The second-order valence-corrected chi connectivity index (χ2v) is 18.5. The molecule has 69 heavy (non-hydrogen) atoms. The molecule has 0 bridgehead atoms. The number of unbranched alkanes of at least 4 members (excludes halogenated alkanes) is 21. The van der Waals surface area contributed by atoms with E-state index in [1.165, 1.54) is 77.0 Å². The Bertz CT molecular complexity index is 1420. The van der Waals surface area contributed by atoms with E-state index in [1.807, 2.05) is 0 Å². The molecule has 0 aliphatic heterocycles. The summed E-state index contributed by atoms with van der Waals surface area (Å²) in [5.74, 6) is -0.967. The number of carbonyl (C=O) groups is 3. The lowest BCUT2D eigenvalue weighted by atomic mass is 10.1. The predicted molar refractivity (Wildman–Crippen MR) is 297 cm³/mol. The number of allylic oxidation sites excluding steroid dienone is 18. The van der Waals surface area contributed by atoms with Gasteiger partial charge in [0.05, 0.1) is 0 Å². The molecule has 392 valence electrons. The lowest BCUT2D eigenvalue weighted by molar-refractivity contribution is -0.167. The Morgan fingerprint density at radius 3 is 0.942 bits per heavy atom. The van der Waals surface area contributed by atoms with E-state index < -0.39 is 6.10 Å². The third kappa shape index (κ3) is 54.9. The van der Waals surface area contributed by atoms with E-state index >= 15 is 0 Å². The van der Waals surface area contributed by atoms with Gasteiger partial charge in [0.25, 0.3) is 0 Å². The van der Waals surface area contributed by atoms with Crippen LogP contribution in [0.2, 0.25) is 0 Å². The number of esters is 3. The van der Waals surface area contributed by atoms with Gasteiger partial charge in [-0.15, -0.1) is 0 Å². The molecule has 0 radical (unpaired) electrons. The zero-order valence-corrected chi connectivity index (χ0v) is 44.8. The molecule has 0 aliphatic carbocycles. The fourth-order valence-electron chi connectivity index (χ4n) is 7.47. The Kier molecular flexibility index (Phi) is 53.4. The standard InChI is InChI=1S/C63H104O6/c1-4-7-10-13-16-19-22-25-28-30-31-33-35-38-41-44-47-50-53-56-62(65)68-59-60(58-67-61(64)55-52-49-46-43-40-37-34-27-24-21-18-15-12-9-6-3)69-63(66)57-54-51-48-45-42-39-36-32-29-26-23-20-17-14-11-8-5-2/h7,10,16-17,19-20,25-29,31,33-34,36,38-39,41,60H,4-6,8-9,11-15,18,21-24,30,32,35,37,40,42-59H2,1-3H3/b10-7-,19-16-,20-17-,28-25-,29-26-,33-31-,34-27-,39-36-,41-38-/t60-/m0/s1. The Hall–Kier alpha value is -3.93. The molecular weight excluding hydrogens is 853 g/mol. The SMILES string of the molecule is CC/C=C\C/C=C\C/C=C\C/C=C\C/C=C\CCCCCC(=O)OC[C@H](COC(=O)CCCCCCC/C=C\CCCCCCCC)OC(=O)CCCCCC/C=C\C/C=C\C/C=C\CCCCC. The van der Waals surface area contributed by atoms with E-state index in [9.17, 15) is 14.4 Å². The molecule has 0 spiro atoms. The molecule has 0 saturated heterocycles. The second kappa shape index (κ2) is 56.7. The third-order valence-electron chi connectivity index (χ3n) is 11.7. The van der Waals surface area contributed by atoms with E-state index in [4.69, 9.17) is 14.2 Å². The molecule has 0 fully saturated rings. The highest BCUT2D eigenvalue weighted by molar-refractivity contribution is 5.71. The summed E-state index contributed by atoms with van der Waals surface area (Å²) in [7, 11) is 0. The van der Waals surface area contributed by atoms with Gasteiger partial charge in [-0.25, -0.2) is 0 Å². The Balaban J connectivity index is 4.52. The monoisotopic (exact) mass is 957 g/mol. The number of rotatable bonds is 50. The lowest BCUT2D eigenvalue weighted by Crippen LogP contribution is -2.30. The quantitative estimate of drug-likeness (QED) is 0.0262. The van der Waals surface area contributed by atoms with Crippen LogP contribution in [0.3, 0.4) is 0 Å². The van der Waals surface area contributed by atoms with Gasteiger partial charge in [0, 0.05) is 19.3 Å². The van der Waals surface area contributed by atoms with Gasteiger partial charge in [0.2, 0.25) is 0 Å². The summed E-state index contributed by atoms with van der Waals surface area (Å²) >= 11 is 0. The molecule has 1 atom stereocenters. The van der Waals surface area contributed by atoms with E-state index in [2.05, 4.69) is 130 Å². The van der Waals surface area contributed by atoms with Crippen LogP contribution in [0, 0.1) is 0 Å². The highest BCUT2D eigenvalue weighted by Gasteiger charge is 2.19. The molecule has 0 aromatic rings. The first-order valence-corrected chi connectivity index (χ1v) is 28.4. The maximum Gasteiger partial charge on any atom is 0.306 e. The minimum Gasteiger partial charge on any atom is -0.462 e. The molecule has 0 aromatic heterocycles. The van der Waals surface area contributed by atoms with Crippen molar-refractivity contribution in [3.8, 4) is 0 Å². The molecule has 0 rings (SSSR count). The van der Waals surface area contributed by atoms with Gasteiger partial charge in [-0.05, 0) is 128 Å². The zero-order chi connectivity index (χ0) is 50.0. The summed E-state index contributed by atoms with van der Waals surface area (Å²) in [6, 6.07) is 0. The molecule has 6 heteroatoms. The van der Waals surface area contributed by atoms with Crippen molar-refractivity contribution in [3.05, 3.63) is 109 Å². The lowest BCUT2D eigenvalue weighted by Gasteiger charge is -2.18. The average Bonchev–Trinajstić information content (AvgIpc) is 3.35. The zero-order valence-electron chi connectivity index (χ0n) is 44.8. The first-order chi connectivity index (χ1) is 34.0. The van der Waals surface area contributed by atoms with Crippen molar-refractivity contribution in [1.29, 1.82) is 0 Å². The molecule has 6 nitrogen and oxygen atoms in total. The number of carbonyl (C=O) groups excluding carboxylic acids is 3. The minimum atomic E-state index is -0.809. The van der Waals surface area contributed by atoms with Gasteiger partial charge < -0.3 is 14.2 Å². The molecule has 0 N–H and O–H groups in total. The average molecular weight is 958 g/mol. The van der Waals surface area contributed by atoms with Crippen LogP contribution in [-0.2, 0) is 28.6 Å². The van der Waals surface area contributed by atoms with Crippen molar-refractivity contribution in [1.82, 2.24) is 0 Å². The summed E-state index contributed by atoms with van der Waals surface area (Å²) in [5.41, 5.74) is 0. The summed E-state index contributed by atoms with van der Waals surface area (Å²) < 4.78 is 16.8. The number of hydrogen-bond donors (Lipinski definition) is 0. The van der Waals surface area contributed by atoms with Crippen LogP contribution in [0.25, 0.3) is 0 Å². The van der Waals surface area contributed by atoms with Crippen LogP contribution in [-0.4, -0.2) is 37.2 Å². The van der Waals surface area contributed by atoms with E-state index in [0.29, 0.717) is 19.3 Å². The molecule has 0 heterocycles. The molecule has 0 unspecified atom stereocenters. The van der Waals surface area contributed by atoms with Crippen LogP contribution in [0.15, 0.2) is 109 Å². The van der Waals surface area contributed by atoms with Crippen molar-refractivity contribution in [2.45, 2.75) is 258 Å². The van der Waals surface area contributed by atoms with Gasteiger partial charge in [-0.3, -0.25) is 14.4 Å². The summed E-state index contributed by atoms with van der Waals surface area (Å²) in [6.45, 7) is 6.44. The third-order valence-corrected chi connectivity index (χ3v) is 11.7. The molecule has 0 aliphatic rings. The van der Waals surface area contributed by atoms with E-state index in [1.54, 1.807) is 0 Å². The van der Waals surface area contributed by atoms with Crippen LogP contribution < -0.4 is 0 Å². The summed E-state index contributed by atoms with van der Waals surface area (Å²) in [6.07, 6.45) is 76.4. The second-order valence-electron chi connectivity index (χ2n) is 18.5. The smallest absolute Gasteiger partial charge is 0.306 e. The summed E-state index contributed by atoms with van der Waals surface area (Å²) in [4.78, 5) is 38.1. The van der Waals surface area contributed by atoms with Crippen LogP contribution in [0.4, 0.5) is 0 Å². The van der Waals surface area contributed by atoms with Crippen molar-refractivity contribution in [3.63, 3.8) is 0 Å². The molecular formula is C63H104O6. The highest BCUT2D eigenvalue weighted by atomic mass is 16.6. The van der Waals surface area contributed by atoms with Gasteiger partial charge >= 0.3 is 17.9 Å². The minimum absolute atomic E-state index is 0.104. The number of ether oxygens (including phenoxy) is 3. The van der Waals surface area contributed by atoms with Crippen LogP contribution in [0.5, 0.6) is 0 Å². The summed E-state index contributed by atoms with van der Waals surface area (Å²) in [5, 5.41) is 0. The highest BCUT2D eigenvalue weighted by Crippen LogP contribution is 2.13. The van der Waals surface area contributed by atoms with Gasteiger partial charge in [0.1, 0.15) is 13.2 Å². The Labute approximate surface area is 425 Å². The Morgan fingerprint density at radius 2 is 0.565 bits per heavy atom. The first kappa shape index (κ1) is 65.1. The van der Waals surface area contributed by atoms with Crippen molar-refractivity contribution in [2.75, 3.05) is 13.2 Å². The first-order valence-electron chi connectivity index (χ1n) is 28.4. The van der Waals surface area contributed by atoms with Crippen LogP contribution in [0.1, 0.15) is 252 Å². The van der Waals surface area contributed by atoms with E-state index in [0.717, 1.165) is 135 Å². The van der Waals surface area contributed by atoms with Crippen molar-refractivity contribution in [2.24, 2.45) is 0 Å². The molecule has 0 saturated carbocycles. The Morgan fingerprint density at radius 1 is 0.304 bits per heavy atom.